The molecule has 88 valence electrons. The van der Waals surface area contributed by atoms with Gasteiger partial charge in [0.1, 0.15) is 6.33 Å². The first-order valence-electron chi connectivity index (χ1n) is 4.53. The van der Waals surface area contributed by atoms with E-state index in [2.05, 4.69) is 10.3 Å². The van der Waals surface area contributed by atoms with E-state index < -0.39 is 0 Å². The van der Waals surface area contributed by atoms with Crippen LogP contribution in [0, 0.1) is 0 Å². The molecule has 1 heterocycles. The molecule has 1 aromatic heterocycles. The first-order chi connectivity index (χ1) is 8.08. The van der Waals surface area contributed by atoms with Crippen molar-refractivity contribution in [2.24, 2.45) is 0 Å². The maximum absolute atomic E-state index is 5.92. The Morgan fingerprint density at radius 2 is 1.82 bits per heavy atom. The molecular formula is C10H6Cl3N3S. The van der Waals surface area contributed by atoms with Crippen LogP contribution in [0.3, 0.4) is 0 Å². The highest BCUT2D eigenvalue weighted by molar-refractivity contribution is 7.80. The number of hydrogen-bond donors (Lipinski definition) is 1. The van der Waals surface area contributed by atoms with Crippen molar-refractivity contribution in [2.45, 2.75) is 0 Å². The number of hydrogen-bond acceptors (Lipinski definition) is 2. The Labute approximate surface area is 118 Å². The van der Waals surface area contributed by atoms with E-state index in [1.807, 2.05) is 0 Å². The van der Waals surface area contributed by atoms with E-state index in [9.17, 15) is 0 Å². The van der Waals surface area contributed by atoms with E-state index in [0.29, 0.717) is 10.1 Å². The molecule has 0 unspecified atom stereocenters. The normalized spacial score (nSPS) is 10.3. The molecule has 0 atom stereocenters. The summed E-state index contributed by atoms with van der Waals surface area (Å²) in [5, 5.41) is 4.53. The van der Waals surface area contributed by atoms with Gasteiger partial charge in [-0.15, -0.1) is 0 Å². The Bertz CT molecular complexity index is 550. The lowest BCUT2D eigenvalue weighted by atomic mass is 10.3. The van der Waals surface area contributed by atoms with Gasteiger partial charge in [0, 0.05) is 10.7 Å². The number of thiocarbonyl (C=S) groups is 1. The van der Waals surface area contributed by atoms with Gasteiger partial charge in [-0.2, -0.15) is 0 Å². The van der Waals surface area contributed by atoms with Crippen molar-refractivity contribution in [3.8, 4) is 0 Å². The minimum absolute atomic E-state index is 0.215. The number of anilines is 1. The van der Waals surface area contributed by atoms with Crippen LogP contribution in [0.1, 0.15) is 0 Å². The minimum atomic E-state index is 0.215. The van der Waals surface area contributed by atoms with Gasteiger partial charge in [0.15, 0.2) is 15.4 Å². The molecule has 3 nitrogen and oxygen atoms in total. The summed E-state index contributed by atoms with van der Waals surface area (Å²) in [7, 11) is 0. The smallest absolute Gasteiger partial charge is 0.184 e. The summed E-state index contributed by atoms with van der Waals surface area (Å²) in [6.07, 6.45) is 1.45. The number of aromatic nitrogens is 2. The lowest BCUT2D eigenvalue weighted by Crippen LogP contribution is -2.18. The van der Waals surface area contributed by atoms with E-state index in [1.54, 1.807) is 24.3 Å². The van der Waals surface area contributed by atoms with Crippen LogP contribution in [0.2, 0.25) is 15.3 Å². The second-order valence-electron chi connectivity index (χ2n) is 3.13. The first-order valence-corrected chi connectivity index (χ1v) is 6.07. The van der Waals surface area contributed by atoms with Crippen LogP contribution >= 0.6 is 47.0 Å². The molecule has 1 aromatic carbocycles. The van der Waals surface area contributed by atoms with Crippen molar-refractivity contribution in [3.05, 3.63) is 45.9 Å². The van der Waals surface area contributed by atoms with Gasteiger partial charge in [-0.3, -0.25) is 4.57 Å². The van der Waals surface area contributed by atoms with Crippen molar-refractivity contribution < 1.29 is 0 Å². The summed E-state index contributed by atoms with van der Waals surface area (Å²) in [4.78, 5) is 3.84. The number of rotatable bonds is 1. The highest BCUT2D eigenvalue weighted by atomic mass is 35.5. The van der Waals surface area contributed by atoms with Crippen molar-refractivity contribution >= 4 is 57.8 Å². The number of nitrogens with zero attached hydrogens (tertiary/aromatic N) is 2. The topological polar surface area (TPSA) is 29.9 Å². The highest BCUT2D eigenvalue weighted by Crippen LogP contribution is 2.20. The third kappa shape index (κ3) is 2.90. The van der Waals surface area contributed by atoms with E-state index in [4.69, 9.17) is 47.0 Å². The average molecular weight is 307 g/mol. The van der Waals surface area contributed by atoms with Gasteiger partial charge in [0.2, 0.25) is 0 Å². The summed E-state index contributed by atoms with van der Waals surface area (Å²) < 4.78 is 1.48. The molecule has 0 amide bonds. The Morgan fingerprint density at radius 1 is 1.18 bits per heavy atom. The van der Waals surface area contributed by atoms with Crippen molar-refractivity contribution in [1.82, 2.24) is 9.55 Å². The monoisotopic (exact) mass is 305 g/mol. The fourth-order valence-corrected chi connectivity index (χ4v) is 1.91. The van der Waals surface area contributed by atoms with Crippen molar-refractivity contribution in [3.63, 3.8) is 0 Å². The molecule has 1 N–H and O–H groups in total. The SMILES string of the molecule is S=C(Nc1ccc(Cl)cc1)n1cnc(Cl)c1Cl. The van der Waals surface area contributed by atoms with Crippen LogP contribution in [-0.2, 0) is 0 Å². The van der Waals surface area contributed by atoms with E-state index in [1.165, 1.54) is 10.9 Å². The van der Waals surface area contributed by atoms with E-state index >= 15 is 0 Å². The molecule has 0 aliphatic carbocycles. The molecule has 0 radical (unpaired) electrons. The molecule has 17 heavy (non-hydrogen) atoms. The average Bonchev–Trinajstić information content (AvgIpc) is 2.63. The number of benzene rings is 1. The molecule has 0 saturated heterocycles. The van der Waals surface area contributed by atoms with E-state index in [0.717, 1.165) is 5.69 Å². The number of halogens is 3. The van der Waals surface area contributed by atoms with Crippen LogP contribution in [0.25, 0.3) is 0 Å². The fraction of sp³-hybridized carbons (Fsp3) is 0. The molecule has 0 bridgehead atoms. The molecule has 0 aliphatic rings. The summed E-state index contributed by atoms with van der Waals surface area (Å²) >= 11 is 22.6. The zero-order valence-corrected chi connectivity index (χ0v) is 11.4. The largest absolute Gasteiger partial charge is 0.332 e. The number of nitrogens with one attached hydrogen (secondary N) is 1. The maximum Gasteiger partial charge on any atom is 0.184 e. The Morgan fingerprint density at radius 3 is 2.35 bits per heavy atom. The molecule has 2 rings (SSSR count). The highest BCUT2D eigenvalue weighted by Gasteiger charge is 2.09. The molecule has 0 aliphatic heterocycles. The van der Waals surface area contributed by atoms with Crippen molar-refractivity contribution in [1.29, 1.82) is 0 Å². The molecule has 0 spiro atoms. The fourth-order valence-electron chi connectivity index (χ4n) is 1.17. The third-order valence-corrected chi connectivity index (χ3v) is 3.27. The lowest BCUT2D eigenvalue weighted by Gasteiger charge is -2.09. The standard InChI is InChI=1S/C10H6Cl3N3S/c11-6-1-3-7(4-2-6)15-10(17)16-5-14-8(12)9(16)13/h1-5H,(H,15,17). The van der Waals surface area contributed by atoms with Gasteiger partial charge in [-0.25, -0.2) is 4.98 Å². The zero-order valence-electron chi connectivity index (χ0n) is 8.32. The Kier molecular flexibility index (Phi) is 3.89. The Hall–Kier alpha value is -0.810. The first kappa shape index (κ1) is 12.6. The van der Waals surface area contributed by atoms with Gasteiger partial charge >= 0.3 is 0 Å². The van der Waals surface area contributed by atoms with Crippen LogP contribution in [0.15, 0.2) is 30.6 Å². The Balaban J connectivity index is 2.17. The van der Waals surface area contributed by atoms with Gasteiger partial charge in [-0.1, -0.05) is 34.8 Å². The van der Waals surface area contributed by atoms with Crippen molar-refractivity contribution in [2.75, 3.05) is 5.32 Å². The molecule has 2 aromatic rings. The molecule has 7 heteroatoms. The lowest BCUT2D eigenvalue weighted by molar-refractivity contribution is 1.15. The quantitative estimate of drug-likeness (QED) is 0.805. The maximum atomic E-state index is 5.92. The second kappa shape index (κ2) is 5.23. The second-order valence-corrected chi connectivity index (χ2v) is 4.67. The molecule has 0 fully saturated rings. The summed E-state index contributed by atoms with van der Waals surface area (Å²) in [6, 6.07) is 7.13. The summed E-state index contributed by atoms with van der Waals surface area (Å²) in [5.41, 5.74) is 0.806. The predicted octanol–water partition coefficient (Wildman–Crippen LogP) is 4.09. The minimum Gasteiger partial charge on any atom is -0.332 e. The van der Waals surface area contributed by atoms with Crippen LogP contribution in [0.5, 0.6) is 0 Å². The van der Waals surface area contributed by atoms with Gasteiger partial charge in [0.05, 0.1) is 0 Å². The van der Waals surface area contributed by atoms with Gasteiger partial charge in [-0.05, 0) is 36.5 Å². The third-order valence-electron chi connectivity index (χ3n) is 1.98. The summed E-state index contributed by atoms with van der Waals surface area (Å²) in [5.74, 6) is 0. The molecular weight excluding hydrogens is 301 g/mol. The van der Waals surface area contributed by atoms with Crippen LogP contribution < -0.4 is 5.32 Å². The van der Waals surface area contributed by atoms with Gasteiger partial charge in [0.25, 0.3) is 0 Å². The predicted molar refractivity (Wildman–Crippen MR) is 75.3 cm³/mol. The van der Waals surface area contributed by atoms with Crippen LogP contribution in [0.4, 0.5) is 5.69 Å². The summed E-state index contributed by atoms with van der Waals surface area (Å²) in [6.45, 7) is 0. The molecule has 0 saturated carbocycles. The van der Waals surface area contributed by atoms with Gasteiger partial charge < -0.3 is 5.32 Å². The zero-order chi connectivity index (χ0) is 12.4. The van der Waals surface area contributed by atoms with E-state index in [-0.39, 0.29) is 10.3 Å². The van der Waals surface area contributed by atoms with Crippen LogP contribution in [-0.4, -0.2) is 14.7 Å². The number of imidazole rings is 1.